The molecule has 10 unspecified atom stereocenters. The van der Waals surface area contributed by atoms with Gasteiger partial charge < -0.3 is 62.8 Å². The molecule has 0 bridgehead atoms. The summed E-state index contributed by atoms with van der Waals surface area (Å²) in [6, 6.07) is -2.16. The smallest absolute Gasteiger partial charge is 0.176 e. The van der Waals surface area contributed by atoms with Crippen LogP contribution in [0, 0.1) is 0 Å². The van der Waals surface area contributed by atoms with Crippen molar-refractivity contribution in [3.63, 3.8) is 0 Å². The van der Waals surface area contributed by atoms with Crippen LogP contribution < -0.4 is 28.3 Å². The lowest BCUT2D eigenvalue weighted by molar-refractivity contribution is -0.291. The van der Waals surface area contributed by atoms with E-state index in [0.717, 1.165) is 32.2 Å². The average Bonchev–Trinajstić information content (AvgIpc) is 3.40. The summed E-state index contributed by atoms with van der Waals surface area (Å²) in [4.78, 5) is 15.5. The van der Waals surface area contributed by atoms with Crippen LogP contribution in [0.1, 0.15) is 32.1 Å². The molecule has 2 fully saturated rings. The van der Waals surface area contributed by atoms with Crippen LogP contribution in [0.3, 0.4) is 0 Å². The monoisotopic (exact) mass is 539 g/mol. The van der Waals surface area contributed by atoms with Crippen molar-refractivity contribution in [1.82, 2.24) is 19.9 Å². The standard InChI is InChI=1S/C23H41N9O6/c24-8-13-17(34)18(35)14(27)23(37-13)38-19-12(26)7-11(25)16(33)20(19)36-6-4-2-1-3-5-28-21-15-22(30-9-29-15)32-10-31-21/h9-14,16-20,23,33-35H,1-8,24-27H2,(H2,28,29,30,31,32). The van der Waals surface area contributed by atoms with Crippen molar-refractivity contribution in [3.8, 4) is 0 Å². The summed E-state index contributed by atoms with van der Waals surface area (Å²) in [6.07, 6.45) is -0.101. The summed E-state index contributed by atoms with van der Waals surface area (Å²) >= 11 is 0. The summed E-state index contributed by atoms with van der Waals surface area (Å²) in [7, 11) is 0. The van der Waals surface area contributed by atoms with Crippen molar-refractivity contribution in [2.75, 3.05) is 25.0 Å². The number of imidazole rings is 1. The first-order valence-corrected chi connectivity index (χ1v) is 13.1. The number of ether oxygens (including phenoxy) is 3. The van der Waals surface area contributed by atoms with E-state index in [1.807, 2.05) is 0 Å². The van der Waals surface area contributed by atoms with Gasteiger partial charge in [-0.2, -0.15) is 0 Å². The number of aliphatic hydroxyl groups excluding tert-OH is 3. The molecule has 4 rings (SSSR count). The number of unbranched alkanes of at least 4 members (excludes halogenated alkanes) is 3. The zero-order valence-corrected chi connectivity index (χ0v) is 21.3. The molecule has 214 valence electrons. The van der Waals surface area contributed by atoms with Crippen LogP contribution >= 0.6 is 0 Å². The van der Waals surface area contributed by atoms with E-state index in [-0.39, 0.29) is 6.54 Å². The largest absolute Gasteiger partial charge is 0.389 e. The first-order valence-electron chi connectivity index (χ1n) is 13.1. The van der Waals surface area contributed by atoms with Gasteiger partial charge in [0, 0.05) is 31.8 Å². The highest BCUT2D eigenvalue weighted by atomic mass is 16.7. The lowest BCUT2D eigenvalue weighted by Crippen LogP contribution is -2.67. The molecule has 2 aromatic rings. The molecule has 1 saturated heterocycles. The van der Waals surface area contributed by atoms with Gasteiger partial charge in [-0.3, -0.25) is 0 Å². The maximum absolute atomic E-state index is 10.8. The Kier molecular flexibility index (Phi) is 10.2. The summed E-state index contributed by atoms with van der Waals surface area (Å²) in [5, 5.41) is 34.5. The van der Waals surface area contributed by atoms with Gasteiger partial charge in [0.05, 0.1) is 18.5 Å². The lowest BCUT2D eigenvalue weighted by Gasteiger charge is -2.46. The van der Waals surface area contributed by atoms with Crippen molar-refractivity contribution >= 4 is 17.0 Å². The maximum Gasteiger partial charge on any atom is 0.176 e. The number of nitrogens with two attached hydrogens (primary N) is 4. The van der Waals surface area contributed by atoms with E-state index in [1.54, 1.807) is 6.33 Å². The Morgan fingerprint density at radius 1 is 0.974 bits per heavy atom. The Balaban J connectivity index is 1.22. The SMILES string of the molecule is NCC1OC(OC2C(N)CC(N)C(O)C2OCCCCCCNc2ncnc3[nH]cnc23)C(N)C(O)C1O. The fourth-order valence-electron chi connectivity index (χ4n) is 4.97. The second-order valence-electron chi connectivity index (χ2n) is 9.99. The molecule has 13 N–H and O–H groups in total. The van der Waals surface area contributed by atoms with E-state index in [0.29, 0.717) is 30.0 Å². The normalized spacial score (nSPS) is 36.0. The minimum atomic E-state index is -1.29. The van der Waals surface area contributed by atoms with Crippen LogP contribution in [0.5, 0.6) is 0 Å². The van der Waals surface area contributed by atoms with Crippen molar-refractivity contribution in [3.05, 3.63) is 12.7 Å². The van der Waals surface area contributed by atoms with Gasteiger partial charge in [-0.25, -0.2) is 15.0 Å². The molecule has 2 aliphatic rings. The number of hydrogen-bond donors (Lipinski definition) is 9. The number of hydrogen-bond acceptors (Lipinski definition) is 14. The van der Waals surface area contributed by atoms with Gasteiger partial charge in [-0.1, -0.05) is 12.8 Å². The Labute approximate surface area is 220 Å². The third kappa shape index (κ3) is 6.56. The molecule has 1 aliphatic carbocycles. The number of aliphatic hydroxyl groups is 3. The second-order valence-corrected chi connectivity index (χ2v) is 9.99. The van der Waals surface area contributed by atoms with Crippen LogP contribution in [-0.4, -0.2) is 116 Å². The van der Waals surface area contributed by atoms with Gasteiger partial charge in [0.25, 0.3) is 0 Å². The molecule has 1 saturated carbocycles. The molecular formula is C23H41N9O6. The molecule has 15 nitrogen and oxygen atoms in total. The molecule has 10 atom stereocenters. The van der Waals surface area contributed by atoms with E-state index in [2.05, 4.69) is 25.3 Å². The highest BCUT2D eigenvalue weighted by molar-refractivity contribution is 5.81. The third-order valence-corrected chi connectivity index (χ3v) is 7.23. The van der Waals surface area contributed by atoms with Crippen molar-refractivity contribution in [1.29, 1.82) is 0 Å². The molecule has 2 aromatic heterocycles. The molecule has 38 heavy (non-hydrogen) atoms. The Morgan fingerprint density at radius 2 is 1.76 bits per heavy atom. The average molecular weight is 540 g/mol. The number of rotatable bonds is 12. The zero-order valence-electron chi connectivity index (χ0n) is 21.3. The van der Waals surface area contributed by atoms with Gasteiger partial charge in [-0.05, 0) is 19.3 Å². The number of nitrogens with one attached hydrogen (secondary N) is 2. The molecule has 0 spiro atoms. The number of aromatic nitrogens is 4. The lowest BCUT2D eigenvalue weighted by atomic mass is 9.84. The fourth-order valence-corrected chi connectivity index (χ4v) is 4.97. The van der Waals surface area contributed by atoms with Crippen LogP contribution in [0.25, 0.3) is 11.2 Å². The zero-order chi connectivity index (χ0) is 27.2. The van der Waals surface area contributed by atoms with Gasteiger partial charge in [0.15, 0.2) is 17.8 Å². The topological polar surface area (TPSA) is 259 Å². The molecule has 3 heterocycles. The first-order chi connectivity index (χ1) is 18.3. The summed E-state index contributed by atoms with van der Waals surface area (Å²) < 4.78 is 17.8. The van der Waals surface area contributed by atoms with Crippen LogP contribution in [0.2, 0.25) is 0 Å². The summed E-state index contributed by atoms with van der Waals surface area (Å²) in [5.74, 6) is 0.700. The fraction of sp³-hybridized carbons (Fsp3) is 0.783. The highest BCUT2D eigenvalue weighted by Gasteiger charge is 2.48. The van der Waals surface area contributed by atoms with Gasteiger partial charge >= 0.3 is 0 Å². The van der Waals surface area contributed by atoms with E-state index in [9.17, 15) is 15.3 Å². The Hall–Kier alpha value is -2.05. The highest BCUT2D eigenvalue weighted by Crippen LogP contribution is 2.28. The van der Waals surface area contributed by atoms with E-state index < -0.39 is 61.0 Å². The van der Waals surface area contributed by atoms with Crippen molar-refractivity contribution < 1.29 is 29.5 Å². The second kappa shape index (κ2) is 13.3. The molecule has 1 aliphatic heterocycles. The minimum absolute atomic E-state index is 0.0309. The van der Waals surface area contributed by atoms with Crippen LogP contribution in [0.15, 0.2) is 12.7 Å². The van der Waals surface area contributed by atoms with Gasteiger partial charge in [0.2, 0.25) is 0 Å². The van der Waals surface area contributed by atoms with Crippen molar-refractivity contribution in [2.24, 2.45) is 22.9 Å². The molecule has 0 aromatic carbocycles. The van der Waals surface area contributed by atoms with E-state index >= 15 is 0 Å². The first kappa shape index (κ1) is 28.9. The van der Waals surface area contributed by atoms with E-state index in [4.69, 9.17) is 37.1 Å². The number of aromatic amines is 1. The quantitative estimate of drug-likeness (QED) is 0.124. The Morgan fingerprint density at radius 3 is 2.55 bits per heavy atom. The summed E-state index contributed by atoms with van der Waals surface area (Å²) in [5.41, 5.74) is 25.5. The number of fused-ring (bicyclic) bond motifs is 1. The maximum atomic E-state index is 10.8. The van der Waals surface area contributed by atoms with Crippen LogP contribution in [-0.2, 0) is 14.2 Å². The number of anilines is 1. The number of H-pyrrole nitrogens is 1. The van der Waals surface area contributed by atoms with Crippen molar-refractivity contribution in [2.45, 2.75) is 93.1 Å². The molecular weight excluding hydrogens is 498 g/mol. The molecule has 0 amide bonds. The van der Waals surface area contributed by atoms with E-state index in [1.165, 1.54) is 6.33 Å². The minimum Gasteiger partial charge on any atom is -0.389 e. The van der Waals surface area contributed by atoms with Gasteiger partial charge in [-0.15, -0.1) is 0 Å². The number of nitrogens with zero attached hydrogens (tertiary/aromatic N) is 3. The Bertz CT molecular complexity index is 999. The van der Waals surface area contributed by atoms with Crippen LogP contribution in [0.4, 0.5) is 5.82 Å². The van der Waals surface area contributed by atoms with Gasteiger partial charge in [0.1, 0.15) is 42.4 Å². The summed E-state index contributed by atoms with van der Waals surface area (Å²) in [6.45, 7) is 1.09. The molecule has 0 radical (unpaired) electrons. The third-order valence-electron chi connectivity index (χ3n) is 7.23. The predicted octanol–water partition coefficient (Wildman–Crippen LogP) is -2.75. The molecule has 15 heteroatoms. The predicted molar refractivity (Wildman–Crippen MR) is 138 cm³/mol.